The molecule has 1 fully saturated rings. The lowest BCUT2D eigenvalue weighted by Gasteiger charge is -2.43. The second kappa shape index (κ2) is 12.1. The zero-order valence-corrected chi connectivity index (χ0v) is 17.6. The number of thiol groups is 1. The van der Waals surface area contributed by atoms with Crippen LogP contribution in [0.2, 0.25) is 0 Å². The van der Waals surface area contributed by atoms with Crippen molar-refractivity contribution >= 4 is 46.1 Å². The molecule has 144 valence electrons. The van der Waals surface area contributed by atoms with Crippen LogP contribution in [0.4, 0.5) is 0 Å². The predicted octanol–water partition coefficient (Wildman–Crippen LogP) is 3.74. The predicted molar refractivity (Wildman–Crippen MR) is 107 cm³/mol. The SMILES string of the molecule is [3H]SCC/C=C\CSS[C@@H]1OC(COC(C)=O)[C@@H](C)C(C)[C@@H]1OC(C)=O. The summed E-state index contributed by atoms with van der Waals surface area (Å²) in [4.78, 5) is 22.6. The van der Waals surface area contributed by atoms with Crippen LogP contribution in [0.25, 0.3) is 0 Å². The van der Waals surface area contributed by atoms with E-state index in [1.807, 2.05) is 13.8 Å². The first kappa shape index (κ1) is 21.0. The first-order valence-corrected chi connectivity index (χ1v) is 11.3. The van der Waals surface area contributed by atoms with Crippen LogP contribution in [0.1, 0.15) is 34.1 Å². The molecule has 0 aromatic carbocycles. The molecule has 0 amide bonds. The second-order valence-electron chi connectivity index (χ2n) is 5.98. The fraction of sp³-hybridized carbons (Fsp3) is 0.765. The molecule has 0 aliphatic carbocycles. The summed E-state index contributed by atoms with van der Waals surface area (Å²) >= 11 is 1.08. The molecule has 0 aromatic rings. The van der Waals surface area contributed by atoms with Crippen molar-refractivity contribution in [2.75, 3.05) is 18.1 Å². The average Bonchev–Trinajstić information content (AvgIpc) is 2.58. The number of hydrogen-bond acceptors (Lipinski definition) is 8. The Balaban J connectivity index is 2.63. The summed E-state index contributed by atoms with van der Waals surface area (Å²) in [5.41, 5.74) is -0.312. The number of hydrogen-bond donors (Lipinski definition) is 1. The van der Waals surface area contributed by atoms with Gasteiger partial charge < -0.3 is 14.2 Å². The topological polar surface area (TPSA) is 61.8 Å². The third-order valence-corrected chi connectivity index (χ3v) is 6.70. The zero-order valence-electron chi connectivity index (χ0n) is 16.1. The van der Waals surface area contributed by atoms with Crippen molar-refractivity contribution in [3.63, 3.8) is 0 Å². The molecule has 2 unspecified atom stereocenters. The fourth-order valence-electron chi connectivity index (χ4n) is 2.48. The number of rotatable bonds is 10. The minimum atomic E-state index is -0.336. The van der Waals surface area contributed by atoms with Crippen molar-refractivity contribution in [3.8, 4) is 0 Å². The van der Waals surface area contributed by atoms with Gasteiger partial charge in [-0.3, -0.25) is 9.59 Å². The summed E-state index contributed by atoms with van der Waals surface area (Å²) in [5, 5.41) is 0. The van der Waals surface area contributed by atoms with E-state index in [1.165, 1.54) is 24.6 Å². The Morgan fingerprint density at radius 1 is 1.24 bits per heavy atom. The van der Waals surface area contributed by atoms with Gasteiger partial charge in [-0.1, -0.05) is 47.6 Å². The van der Waals surface area contributed by atoms with Crippen LogP contribution < -0.4 is 0 Å². The molecule has 1 heterocycles. The molecule has 0 spiro atoms. The fourth-order valence-corrected chi connectivity index (χ4v) is 4.98. The molecule has 0 radical (unpaired) electrons. The summed E-state index contributed by atoms with van der Waals surface area (Å²) in [6, 6.07) is 0. The van der Waals surface area contributed by atoms with Gasteiger partial charge in [0.15, 0.2) is 5.44 Å². The number of esters is 2. The zero-order chi connectivity index (χ0) is 19.5. The molecule has 0 aromatic heterocycles. The quantitative estimate of drug-likeness (QED) is 0.193. The Morgan fingerprint density at radius 2 is 2.00 bits per heavy atom. The van der Waals surface area contributed by atoms with Crippen molar-refractivity contribution in [1.82, 2.24) is 0 Å². The van der Waals surface area contributed by atoms with E-state index in [4.69, 9.17) is 15.3 Å². The highest BCUT2D eigenvalue weighted by Crippen LogP contribution is 2.41. The summed E-state index contributed by atoms with van der Waals surface area (Å²) in [7, 11) is 3.17. The molecule has 0 N–H and O–H groups in total. The third kappa shape index (κ3) is 8.28. The van der Waals surface area contributed by atoms with Crippen molar-refractivity contribution in [2.24, 2.45) is 11.8 Å². The number of carbonyl (C=O) groups excluding carboxylic acids is 2. The lowest BCUT2D eigenvalue weighted by atomic mass is 9.84. The van der Waals surface area contributed by atoms with E-state index in [0.717, 1.165) is 30.5 Å². The molecule has 8 heteroatoms. The highest BCUT2D eigenvalue weighted by Gasteiger charge is 2.44. The standard InChI is InChI=1S/C17H28O5S3/c1-11-12(2)16(21-14(4)19)17(22-15(11)10-20-13(3)18)25-24-9-7-5-6-8-23/h5,7,11-12,15-17,23H,6,8-10H2,1-4H3/b7-5-/t11-,12?,15?,16-,17-/m0/s1/i/hT. The monoisotopic (exact) mass is 410 g/mol. The number of carbonyl (C=O) groups is 2. The van der Waals surface area contributed by atoms with Gasteiger partial charge >= 0.3 is 11.9 Å². The first-order chi connectivity index (χ1) is 12.4. The summed E-state index contributed by atoms with van der Waals surface area (Å²) in [6.07, 6.45) is 4.46. The Kier molecular flexibility index (Phi) is 10.2. The van der Waals surface area contributed by atoms with E-state index in [9.17, 15) is 9.59 Å². The van der Waals surface area contributed by atoms with Crippen molar-refractivity contribution in [2.45, 2.75) is 51.8 Å². The van der Waals surface area contributed by atoms with Crippen LogP contribution in [-0.4, -0.2) is 48.8 Å². The van der Waals surface area contributed by atoms with Gasteiger partial charge in [-0.15, -0.1) is 0 Å². The van der Waals surface area contributed by atoms with Crippen LogP contribution in [-0.2, 0) is 23.8 Å². The molecule has 5 nitrogen and oxygen atoms in total. The normalized spacial score (nSPS) is 30.1. The van der Waals surface area contributed by atoms with Gasteiger partial charge in [0.05, 0.1) is 6.10 Å². The largest absolute Gasteiger partial charge is 0.463 e. The highest BCUT2D eigenvalue weighted by atomic mass is 33.1. The minimum absolute atomic E-state index is 0.0935. The van der Waals surface area contributed by atoms with Gasteiger partial charge in [0.1, 0.15) is 13.8 Å². The lowest BCUT2D eigenvalue weighted by molar-refractivity contribution is -0.184. The first-order valence-electron chi connectivity index (χ1n) is 8.75. The maximum absolute atomic E-state index is 11.5. The van der Waals surface area contributed by atoms with Crippen molar-refractivity contribution in [1.29, 1.82) is 1.12 Å². The van der Waals surface area contributed by atoms with Crippen LogP contribution >= 0.6 is 34.1 Å². The Labute approximate surface area is 164 Å². The van der Waals surface area contributed by atoms with E-state index in [2.05, 4.69) is 12.2 Å². The maximum atomic E-state index is 11.5. The van der Waals surface area contributed by atoms with Gasteiger partial charge in [0.2, 0.25) is 0 Å². The van der Waals surface area contributed by atoms with Crippen LogP contribution in [0.5, 0.6) is 0 Å². The molecule has 5 atom stereocenters. The number of ether oxygens (including phenoxy) is 3. The summed E-state index contributed by atoms with van der Waals surface area (Å²) < 4.78 is 23.8. The Bertz CT molecular complexity index is 475. The minimum Gasteiger partial charge on any atom is -0.463 e. The molecular weight excluding hydrogens is 380 g/mol. The van der Waals surface area contributed by atoms with Gasteiger partial charge in [-0.25, -0.2) is 0 Å². The van der Waals surface area contributed by atoms with E-state index < -0.39 is 0 Å². The Hall–Kier alpha value is -0.310. The second-order valence-corrected chi connectivity index (χ2v) is 8.90. The average molecular weight is 411 g/mol. The molecule has 1 rings (SSSR count). The molecule has 1 aliphatic rings. The third-order valence-electron chi connectivity index (χ3n) is 4.04. The summed E-state index contributed by atoms with van der Waals surface area (Å²) in [5.74, 6) is 1.14. The molecule has 0 bridgehead atoms. The molecule has 1 aliphatic heterocycles. The van der Waals surface area contributed by atoms with E-state index >= 15 is 0 Å². The molecule has 1 saturated heterocycles. The Morgan fingerprint density at radius 3 is 2.64 bits per heavy atom. The smallest absolute Gasteiger partial charge is 0.303 e. The molecular formula is C17H28O5S3. The van der Waals surface area contributed by atoms with Crippen molar-refractivity contribution in [3.05, 3.63) is 12.2 Å². The van der Waals surface area contributed by atoms with Crippen LogP contribution in [0.3, 0.4) is 0 Å². The van der Waals surface area contributed by atoms with Crippen molar-refractivity contribution < 1.29 is 23.8 Å². The lowest BCUT2D eigenvalue weighted by Crippen LogP contribution is -2.51. The van der Waals surface area contributed by atoms with Gasteiger partial charge in [-0.05, 0) is 18.1 Å². The van der Waals surface area contributed by atoms with Crippen LogP contribution in [0, 0.1) is 11.8 Å². The van der Waals surface area contributed by atoms with Gasteiger partial charge in [0.25, 0.3) is 0 Å². The van der Waals surface area contributed by atoms with Gasteiger partial charge in [0, 0.05) is 25.5 Å². The molecule has 0 saturated carbocycles. The van der Waals surface area contributed by atoms with E-state index in [0.29, 0.717) is 0 Å². The highest BCUT2D eigenvalue weighted by molar-refractivity contribution is 8.76. The number of allylic oxidation sites excluding steroid dienone is 1. The van der Waals surface area contributed by atoms with Gasteiger partial charge in [-0.2, -0.15) is 12.5 Å². The maximum Gasteiger partial charge on any atom is 0.303 e. The summed E-state index contributed by atoms with van der Waals surface area (Å²) in [6.45, 7) is 7.06. The van der Waals surface area contributed by atoms with E-state index in [-0.39, 0.29) is 48.0 Å². The van der Waals surface area contributed by atoms with Crippen LogP contribution in [0.15, 0.2) is 12.2 Å². The molecule has 25 heavy (non-hydrogen) atoms. The van der Waals surface area contributed by atoms with E-state index in [1.54, 1.807) is 10.8 Å².